The van der Waals surface area contributed by atoms with Gasteiger partial charge in [-0.1, -0.05) is 19.9 Å². The first-order chi connectivity index (χ1) is 10.2. The summed E-state index contributed by atoms with van der Waals surface area (Å²) in [7, 11) is 0. The van der Waals surface area contributed by atoms with E-state index in [4.69, 9.17) is 5.73 Å². The molecule has 2 aromatic rings. The van der Waals surface area contributed by atoms with Crippen LogP contribution >= 0.6 is 22.7 Å². The minimum absolute atomic E-state index is 0.657. The summed E-state index contributed by atoms with van der Waals surface area (Å²) in [6.07, 6.45) is 1.90. The molecule has 2 rings (SSSR count). The molecular formula is C15H24N4S2. The summed E-state index contributed by atoms with van der Waals surface area (Å²) < 4.78 is 0. The highest BCUT2D eigenvalue weighted by atomic mass is 32.1. The zero-order valence-electron chi connectivity index (χ0n) is 12.8. The number of aromatic nitrogens is 1. The minimum atomic E-state index is 0.657. The van der Waals surface area contributed by atoms with E-state index in [2.05, 4.69) is 46.1 Å². The first-order valence-electron chi connectivity index (χ1n) is 7.38. The van der Waals surface area contributed by atoms with Crippen molar-refractivity contribution in [1.82, 2.24) is 14.8 Å². The van der Waals surface area contributed by atoms with Crippen LogP contribution in [0.5, 0.6) is 0 Å². The zero-order chi connectivity index (χ0) is 15.1. The summed E-state index contributed by atoms with van der Waals surface area (Å²) in [4.78, 5) is 11.7. The van der Waals surface area contributed by atoms with Crippen LogP contribution in [0.4, 0.5) is 5.13 Å². The average Bonchev–Trinajstić information content (AvgIpc) is 3.12. The van der Waals surface area contributed by atoms with E-state index in [9.17, 15) is 0 Å². The van der Waals surface area contributed by atoms with Crippen molar-refractivity contribution in [3.05, 3.63) is 33.5 Å². The van der Waals surface area contributed by atoms with Crippen LogP contribution in [0.1, 0.15) is 23.6 Å². The van der Waals surface area contributed by atoms with Gasteiger partial charge in [-0.05, 0) is 24.5 Å². The molecule has 0 aliphatic heterocycles. The van der Waals surface area contributed by atoms with E-state index in [1.807, 2.05) is 17.5 Å². The van der Waals surface area contributed by atoms with Crippen molar-refractivity contribution in [2.24, 2.45) is 0 Å². The Labute approximate surface area is 135 Å². The maximum absolute atomic E-state index is 5.74. The number of nitrogens with zero attached hydrogens (tertiary/aromatic N) is 3. The average molecular weight is 325 g/mol. The Balaban J connectivity index is 1.95. The van der Waals surface area contributed by atoms with E-state index >= 15 is 0 Å². The molecule has 0 aromatic carbocycles. The van der Waals surface area contributed by atoms with E-state index in [1.165, 1.54) is 9.75 Å². The number of thiazole rings is 1. The zero-order valence-corrected chi connectivity index (χ0v) is 14.4. The van der Waals surface area contributed by atoms with Crippen LogP contribution in [0, 0.1) is 0 Å². The summed E-state index contributed by atoms with van der Waals surface area (Å²) >= 11 is 3.41. The molecule has 0 bridgehead atoms. The third-order valence-corrected chi connectivity index (χ3v) is 5.21. The van der Waals surface area contributed by atoms with Gasteiger partial charge in [-0.3, -0.25) is 4.90 Å². The number of anilines is 1. The number of nitrogens with two attached hydrogens (primary N) is 1. The first kappa shape index (κ1) is 16.4. The van der Waals surface area contributed by atoms with E-state index in [-0.39, 0.29) is 0 Å². The number of hydrogen-bond donors (Lipinski definition) is 1. The maximum atomic E-state index is 5.74. The Morgan fingerprint density at radius 3 is 2.38 bits per heavy atom. The van der Waals surface area contributed by atoms with E-state index in [0.29, 0.717) is 5.13 Å². The Morgan fingerprint density at radius 2 is 1.81 bits per heavy atom. The van der Waals surface area contributed by atoms with Gasteiger partial charge >= 0.3 is 0 Å². The van der Waals surface area contributed by atoms with Gasteiger partial charge in [0.25, 0.3) is 0 Å². The highest BCUT2D eigenvalue weighted by Gasteiger charge is 2.11. The molecule has 0 radical (unpaired) electrons. The quantitative estimate of drug-likeness (QED) is 0.770. The van der Waals surface area contributed by atoms with Gasteiger partial charge < -0.3 is 10.6 Å². The second-order valence-corrected chi connectivity index (χ2v) is 7.16. The Morgan fingerprint density at radius 1 is 1.10 bits per heavy atom. The predicted octanol–water partition coefficient (Wildman–Crippen LogP) is 3.13. The lowest BCUT2D eigenvalue weighted by molar-refractivity contribution is 0.204. The highest BCUT2D eigenvalue weighted by molar-refractivity contribution is 7.15. The summed E-state index contributed by atoms with van der Waals surface area (Å²) in [6, 6.07) is 4.32. The van der Waals surface area contributed by atoms with Gasteiger partial charge in [-0.15, -0.1) is 22.7 Å². The molecule has 21 heavy (non-hydrogen) atoms. The Kier molecular flexibility index (Phi) is 6.63. The van der Waals surface area contributed by atoms with Crippen molar-refractivity contribution in [3.8, 4) is 0 Å². The number of likely N-dealkylation sites (N-methyl/N-ethyl adjacent to an activating group) is 1. The molecule has 0 unspecified atom stereocenters. The summed E-state index contributed by atoms with van der Waals surface area (Å²) in [5.41, 5.74) is 5.74. The maximum Gasteiger partial charge on any atom is 0.180 e. The van der Waals surface area contributed by atoms with Gasteiger partial charge in [0.15, 0.2) is 5.13 Å². The second-order valence-electron chi connectivity index (χ2n) is 4.98. The van der Waals surface area contributed by atoms with Gasteiger partial charge in [-0.2, -0.15) is 0 Å². The lowest BCUT2D eigenvalue weighted by atomic mass is 10.3. The fourth-order valence-electron chi connectivity index (χ4n) is 2.28. The van der Waals surface area contributed by atoms with Crippen LogP contribution in [-0.4, -0.2) is 41.0 Å². The number of hydrogen-bond acceptors (Lipinski definition) is 6. The van der Waals surface area contributed by atoms with Crippen molar-refractivity contribution in [2.75, 3.05) is 31.9 Å². The number of rotatable bonds is 9. The smallest absolute Gasteiger partial charge is 0.180 e. The minimum Gasteiger partial charge on any atom is -0.375 e. The van der Waals surface area contributed by atoms with Crippen LogP contribution in [0.3, 0.4) is 0 Å². The van der Waals surface area contributed by atoms with Crippen molar-refractivity contribution < 1.29 is 0 Å². The Hall–Kier alpha value is -0.950. The van der Waals surface area contributed by atoms with Crippen molar-refractivity contribution in [1.29, 1.82) is 0 Å². The first-order valence-corrected chi connectivity index (χ1v) is 9.08. The van der Waals surface area contributed by atoms with Crippen molar-refractivity contribution >= 4 is 27.8 Å². The predicted molar refractivity (Wildman–Crippen MR) is 92.7 cm³/mol. The van der Waals surface area contributed by atoms with E-state index in [0.717, 1.165) is 39.3 Å². The summed E-state index contributed by atoms with van der Waals surface area (Å²) in [6.45, 7) is 10.7. The lowest BCUT2D eigenvalue weighted by Crippen LogP contribution is -2.34. The fourth-order valence-corrected chi connectivity index (χ4v) is 3.75. The second kappa shape index (κ2) is 8.48. The molecule has 0 aliphatic carbocycles. The molecule has 0 saturated carbocycles. The molecule has 116 valence electrons. The molecular weight excluding hydrogens is 300 g/mol. The molecule has 4 nitrogen and oxygen atoms in total. The Bertz CT molecular complexity index is 505. The summed E-state index contributed by atoms with van der Waals surface area (Å²) in [5.74, 6) is 0. The molecule has 0 atom stereocenters. The molecule has 0 saturated heterocycles. The van der Waals surface area contributed by atoms with Crippen LogP contribution in [0.25, 0.3) is 0 Å². The molecule has 2 aromatic heterocycles. The SMILES string of the molecule is CCN(CC)CCN(Cc1cccs1)Cc1cnc(N)s1. The lowest BCUT2D eigenvalue weighted by Gasteiger charge is -2.25. The largest absolute Gasteiger partial charge is 0.375 e. The van der Waals surface area contributed by atoms with Gasteiger partial charge in [0.2, 0.25) is 0 Å². The van der Waals surface area contributed by atoms with Gasteiger partial charge in [-0.25, -0.2) is 4.98 Å². The number of thiophene rings is 1. The van der Waals surface area contributed by atoms with Crippen molar-refractivity contribution in [2.45, 2.75) is 26.9 Å². The third kappa shape index (κ3) is 5.39. The highest BCUT2D eigenvalue weighted by Crippen LogP contribution is 2.19. The number of nitrogen functional groups attached to an aromatic ring is 1. The van der Waals surface area contributed by atoms with Gasteiger partial charge in [0, 0.05) is 42.1 Å². The van der Waals surface area contributed by atoms with E-state index < -0.39 is 0 Å². The molecule has 0 fully saturated rings. The monoisotopic (exact) mass is 324 g/mol. The van der Waals surface area contributed by atoms with Gasteiger partial charge in [0.1, 0.15) is 0 Å². The van der Waals surface area contributed by atoms with Gasteiger partial charge in [0.05, 0.1) is 0 Å². The van der Waals surface area contributed by atoms with Crippen LogP contribution in [-0.2, 0) is 13.1 Å². The summed E-state index contributed by atoms with van der Waals surface area (Å²) in [5, 5.41) is 2.80. The van der Waals surface area contributed by atoms with Crippen LogP contribution in [0.2, 0.25) is 0 Å². The normalized spacial score (nSPS) is 11.6. The topological polar surface area (TPSA) is 45.4 Å². The third-order valence-electron chi connectivity index (χ3n) is 3.54. The molecule has 2 heterocycles. The fraction of sp³-hybridized carbons (Fsp3) is 0.533. The molecule has 2 N–H and O–H groups in total. The van der Waals surface area contributed by atoms with Crippen molar-refractivity contribution in [3.63, 3.8) is 0 Å². The van der Waals surface area contributed by atoms with E-state index in [1.54, 1.807) is 11.3 Å². The molecule has 6 heteroatoms. The molecule has 0 amide bonds. The molecule has 0 spiro atoms. The standard InChI is InChI=1S/C15H24N4S2/c1-3-18(4-2)7-8-19(11-13-6-5-9-20-13)12-14-10-17-15(16)21-14/h5-6,9-10H,3-4,7-8,11-12H2,1-2H3,(H2,16,17). The van der Waals surface area contributed by atoms with Crippen LogP contribution < -0.4 is 5.73 Å². The molecule has 0 aliphatic rings. The van der Waals surface area contributed by atoms with Crippen LogP contribution in [0.15, 0.2) is 23.7 Å².